The van der Waals surface area contributed by atoms with Crippen molar-refractivity contribution in [1.29, 1.82) is 0 Å². The largest absolute Gasteiger partial charge is 0.480 e. The van der Waals surface area contributed by atoms with Crippen LogP contribution in [0.15, 0.2) is 4.99 Å². The highest BCUT2D eigenvalue weighted by atomic mass is 16.4. The Labute approximate surface area is 121 Å². The molecule has 0 saturated carbocycles. The van der Waals surface area contributed by atoms with Gasteiger partial charge >= 0.3 is 11.9 Å². The van der Waals surface area contributed by atoms with Gasteiger partial charge in [0.1, 0.15) is 12.1 Å². The lowest BCUT2D eigenvalue weighted by molar-refractivity contribution is -0.140. The number of aliphatic imine (C=N–C) groups is 1. The molecule has 1 aliphatic rings. The maximum absolute atomic E-state index is 10.4. The van der Waals surface area contributed by atoms with Crippen LogP contribution in [0.4, 0.5) is 0 Å². The highest BCUT2D eigenvalue weighted by Gasteiger charge is 2.26. The van der Waals surface area contributed by atoms with Crippen LogP contribution >= 0.6 is 0 Å². The molecule has 1 fully saturated rings. The first-order valence-corrected chi connectivity index (χ1v) is 6.30. The molecule has 0 radical (unpaired) electrons. The minimum atomic E-state index is -1.00. The summed E-state index contributed by atoms with van der Waals surface area (Å²) in [6.45, 7) is 0.420. The van der Waals surface area contributed by atoms with E-state index < -0.39 is 24.0 Å². The maximum atomic E-state index is 10.4. The molecule has 2 atom stereocenters. The Bertz CT molecular complexity index is 408. The van der Waals surface area contributed by atoms with Crippen LogP contribution in [0.5, 0.6) is 0 Å². The van der Waals surface area contributed by atoms with E-state index in [1.807, 2.05) is 0 Å². The zero-order valence-corrected chi connectivity index (χ0v) is 11.5. The van der Waals surface area contributed by atoms with E-state index in [-0.39, 0.29) is 11.9 Å². The number of guanidine groups is 1. The van der Waals surface area contributed by atoms with Gasteiger partial charge in [-0.15, -0.1) is 0 Å². The quantitative estimate of drug-likeness (QED) is 0.180. The second-order valence-electron chi connectivity index (χ2n) is 4.39. The number of nitrogens with zero attached hydrogens (tertiary/aromatic N) is 1. The summed E-state index contributed by atoms with van der Waals surface area (Å²) in [5, 5.41) is 19.0. The highest BCUT2D eigenvalue weighted by molar-refractivity contribution is 5.87. The Balaban J connectivity index is 0.000000394. The van der Waals surface area contributed by atoms with E-state index in [0.29, 0.717) is 32.2 Å². The second-order valence-corrected chi connectivity index (χ2v) is 4.39. The zero-order valence-electron chi connectivity index (χ0n) is 11.5. The number of hydrogen-bond donors (Lipinski definition) is 6. The van der Waals surface area contributed by atoms with Gasteiger partial charge in [0, 0.05) is 13.0 Å². The molecule has 21 heavy (non-hydrogen) atoms. The summed E-state index contributed by atoms with van der Waals surface area (Å²) in [7, 11) is 0. The summed E-state index contributed by atoms with van der Waals surface area (Å²) in [6.07, 6.45) is 1.72. The van der Waals surface area contributed by atoms with Gasteiger partial charge < -0.3 is 32.7 Å². The standard InChI is InChI=1S/C6H14N4O2.C5H7NO3/c7-4(5(11)12)2-1-3-10-6(8)9;7-4-2-1-3(6-4)5(8)9/h4H,1-3,7H2,(H,11,12)(H4,8,9,10);3H,1-2H2,(H,6,7)(H,8,9)/t4-;3-/m01/s1. The number of amides is 1. The molecule has 10 heteroatoms. The third-order valence-corrected chi connectivity index (χ3v) is 2.58. The molecule has 0 aliphatic carbocycles. The van der Waals surface area contributed by atoms with Gasteiger partial charge in [-0.1, -0.05) is 0 Å². The Morgan fingerprint density at radius 3 is 2.33 bits per heavy atom. The summed E-state index contributed by atoms with van der Waals surface area (Å²) >= 11 is 0. The number of aliphatic carboxylic acids is 2. The molecule has 0 aromatic heterocycles. The van der Waals surface area contributed by atoms with Crippen LogP contribution < -0.4 is 22.5 Å². The van der Waals surface area contributed by atoms with E-state index in [0.717, 1.165) is 0 Å². The minimum Gasteiger partial charge on any atom is -0.480 e. The zero-order chi connectivity index (χ0) is 16.4. The molecule has 0 bridgehead atoms. The second kappa shape index (κ2) is 9.53. The first kappa shape index (κ1) is 18.6. The normalized spacial score (nSPS) is 18.0. The van der Waals surface area contributed by atoms with Crippen molar-refractivity contribution in [3.8, 4) is 0 Å². The molecule has 1 rings (SSSR count). The van der Waals surface area contributed by atoms with E-state index in [1.54, 1.807) is 0 Å². The minimum absolute atomic E-state index is 0.0129. The third-order valence-electron chi connectivity index (χ3n) is 2.58. The van der Waals surface area contributed by atoms with Crippen molar-refractivity contribution in [2.45, 2.75) is 37.8 Å². The topological polar surface area (TPSA) is 194 Å². The Morgan fingerprint density at radius 2 is 2.00 bits per heavy atom. The average molecular weight is 303 g/mol. The fourth-order valence-electron chi connectivity index (χ4n) is 1.44. The lowest BCUT2D eigenvalue weighted by atomic mass is 10.2. The van der Waals surface area contributed by atoms with Crippen molar-refractivity contribution < 1.29 is 24.6 Å². The van der Waals surface area contributed by atoms with Gasteiger partial charge in [0.15, 0.2) is 5.96 Å². The molecular weight excluding hydrogens is 282 g/mol. The molecule has 10 nitrogen and oxygen atoms in total. The van der Waals surface area contributed by atoms with Crippen LogP contribution in [0, 0.1) is 0 Å². The van der Waals surface area contributed by atoms with E-state index in [4.69, 9.17) is 27.4 Å². The van der Waals surface area contributed by atoms with Gasteiger partial charge in [-0.2, -0.15) is 0 Å². The van der Waals surface area contributed by atoms with Crippen LogP contribution in [0.2, 0.25) is 0 Å². The number of hydrogen-bond acceptors (Lipinski definition) is 5. The summed E-state index contributed by atoms with van der Waals surface area (Å²) in [5.41, 5.74) is 15.3. The number of carbonyl (C=O) groups excluding carboxylic acids is 1. The fraction of sp³-hybridized carbons (Fsp3) is 0.636. The van der Waals surface area contributed by atoms with Crippen molar-refractivity contribution in [3.63, 3.8) is 0 Å². The smallest absolute Gasteiger partial charge is 0.326 e. The van der Waals surface area contributed by atoms with E-state index in [9.17, 15) is 14.4 Å². The highest BCUT2D eigenvalue weighted by Crippen LogP contribution is 2.05. The van der Waals surface area contributed by atoms with Crippen molar-refractivity contribution >= 4 is 23.8 Å². The van der Waals surface area contributed by atoms with Crippen molar-refractivity contribution in [3.05, 3.63) is 0 Å². The molecule has 9 N–H and O–H groups in total. The van der Waals surface area contributed by atoms with E-state index in [2.05, 4.69) is 10.3 Å². The van der Waals surface area contributed by atoms with Crippen LogP contribution in [-0.2, 0) is 14.4 Å². The van der Waals surface area contributed by atoms with E-state index in [1.165, 1.54) is 0 Å². The third kappa shape index (κ3) is 9.21. The Kier molecular flexibility index (Phi) is 8.46. The molecule has 1 aliphatic heterocycles. The molecule has 120 valence electrons. The number of carboxylic acids is 2. The summed E-state index contributed by atoms with van der Waals surface area (Å²) in [6, 6.07) is -1.46. The van der Waals surface area contributed by atoms with Crippen molar-refractivity contribution in [1.82, 2.24) is 5.32 Å². The summed E-state index contributed by atoms with van der Waals surface area (Å²) in [5.74, 6) is -2.10. The van der Waals surface area contributed by atoms with Gasteiger partial charge in [-0.25, -0.2) is 4.79 Å². The van der Waals surface area contributed by atoms with Gasteiger partial charge in [0.05, 0.1) is 0 Å². The van der Waals surface area contributed by atoms with Gasteiger partial charge in [-0.05, 0) is 19.3 Å². The van der Waals surface area contributed by atoms with Gasteiger partial charge in [0.25, 0.3) is 0 Å². The Morgan fingerprint density at radius 1 is 1.38 bits per heavy atom. The van der Waals surface area contributed by atoms with Crippen LogP contribution in [-0.4, -0.2) is 52.6 Å². The monoisotopic (exact) mass is 303 g/mol. The number of carbonyl (C=O) groups is 3. The molecule has 1 saturated heterocycles. The van der Waals surface area contributed by atoms with Crippen LogP contribution in [0.1, 0.15) is 25.7 Å². The lowest BCUT2D eigenvalue weighted by Crippen LogP contribution is -2.32. The molecule has 0 spiro atoms. The van der Waals surface area contributed by atoms with Crippen molar-refractivity contribution in [2.24, 2.45) is 22.2 Å². The van der Waals surface area contributed by atoms with Gasteiger partial charge in [-0.3, -0.25) is 14.6 Å². The van der Waals surface area contributed by atoms with Crippen molar-refractivity contribution in [2.75, 3.05) is 6.54 Å². The molecular formula is C11H21N5O5. The fourth-order valence-corrected chi connectivity index (χ4v) is 1.44. The molecule has 0 unspecified atom stereocenters. The number of nitrogens with one attached hydrogen (secondary N) is 1. The number of nitrogens with two attached hydrogens (primary N) is 3. The number of rotatable bonds is 6. The predicted octanol–water partition coefficient (Wildman–Crippen LogP) is -2.20. The predicted molar refractivity (Wildman–Crippen MR) is 74.3 cm³/mol. The molecule has 1 amide bonds. The average Bonchev–Trinajstić information content (AvgIpc) is 2.81. The Hall–Kier alpha value is -2.36. The molecule has 1 heterocycles. The van der Waals surface area contributed by atoms with Crippen LogP contribution in [0.3, 0.4) is 0 Å². The first-order valence-electron chi connectivity index (χ1n) is 6.30. The summed E-state index contributed by atoms with van der Waals surface area (Å²) in [4.78, 5) is 34.4. The number of carboxylic acid groups (broad SMARTS) is 2. The van der Waals surface area contributed by atoms with Gasteiger partial charge in [0.2, 0.25) is 5.91 Å². The maximum Gasteiger partial charge on any atom is 0.326 e. The van der Waals surface area contributed by atoms with E-state index >= 15 is 0 Å². The lowest BCUT2D eigenvalue weighted by Gasteiger charge is -2.03. The SMILES string of the molecule is NC(N)=NCCC[C@H](N)C(=O)O.O=C1CC[C@H](C(=O)O)N1. The first-order chi connectivity index (χ1) is 9.73. The molecule has 0 aromatic rings. The van der Waals surface area contributed by atoms with Crippen LogP contribution in [0.25, 0.3) is 0 Å². The summed E-state index contributed by atoms with van der Waals surface area (Å²) < 4.78 is 0. The molecule has 0 aromatic carbocycles.